The summed E-state index contributed by atoms with van der Waals surface area (Å²) in [6.07, 6.45) is 3.15. The van der Waals surface area contributed by atoms with Crippen molar-refractivity contribution in [1.82, 2.24) is 0 Å². The van der Waals surface area contributed by atoms with Gasteiger partial charge in [0.15, 0.2) is 23.0 Å². The Bertz CT molecular complexity index is 786. The molecular formula is C20H23NO5. The van der Waals surface area contributed by atoms with Gasteiger partial charge in [-0.1, -0.05) is 6.07 Å². The van der Waals surface area contributed by atoms with Crippen LogP contribution in [0, 0.1) is 0 Å². The molecule has 2 aromatic carbocycles. The molecule has 0 aromatic heterocycles. The van der Waals surface area contributed by atoms with Crippen molar-refractivity contribution in [1.29, 1.82) is 0 Å². The number of ether oxygens (including phenoxy) is 4. The van der Waals surface area contributed by atoms with Crippen LogP contribution in [0.15, 0.2) is 42.5 Å². The molecule has 6 heteroatoms. The smallest absolute Gasteiger partial charge is 0.248 e. The normalized spacial score (nSPS) is 10.5. The summed E-state index contributed by atoms with van der Waals surface area (Å²) in [6, 6.07) is 10.7. The maximum Gasteiger partial charge on any atom is 0.248 e. The molecule has 0 aliphatic rings. The fourth-order valence-electron chi connectivity index (χ4n) is 2.33. The average molecular weight is 357 g/mol. The van der Waals surface area contributed by atoms with Crippen molar-refractivity contribution in [3.05, 3.63) is 48.0 Å². The summed E-state index contributed by atoms with van der Waals surface area (Å²) in [7, 11) is 4.70. The SMILES string of the molecule is CCOc1ccc(NC(=O)/C=C/c2ccc(OC)c(OC)c2)cc1OC. The second kappa shape index (κ2) is 9.36. The summed E-state index contributed by atoms with van der Waals surface area (Å²) < 4.78 is 21.2. The predicted molar refractivity (Wildman–Crippen MR) is 101 cm³/mol. The van der Waals surface area contributed by atoms with Crippen LogP contribution in [0.4, 0.5) is 5.69 Å². The van der Waals surface area contributed by atoms with Crippen molar-refractivity contribution in [3.8, 4) is 23.0 Å². The molecule has 138 valence electrons. The first-order valence-corrected chi connectivity index (χ1v) is 8.13. The second-order valence-electron chi connectivity index (χ2n) is 5.24. The van der Waals surface area contributed by atoms with Gasteiger partial charge in [0.05, 0.1) is 27.9 Å². The van der Waals surface area contributed by atoms with Crippen molar-refractivity contribution in [2.24, 2.45) is 0 Å². The first-order valence-electron chi connectivity index (χ1n) is 8.13. The molecule has 1 N–H and O–H groups in total. The summed E-state index contributed by atoms with van der Waals surface area (Å²) in [4.78, 5) is 12.1. The van der Waals surface area contributed by atoms with Crippen LogP contribution < -0.4 is 24.3 Å². The third-order valence-electron chi connectivity index (χ3n) is 3.57. The Morgan fingerprint density at radius 3 is 2.23 bits per heavy atom. The largest absolute Gasteiger partial charge is 0.493 e. The van der Waals surface area contributed by atoms with Crippen molar-refractivity contribution in [3.63, 3.8) is 0 Å². The molecule has 0 saturated heterocycles. The molecule has 2 aromatic rings. The number of nitrogens with one attached hydrogen (secondary N) is 1. The highest BCUT2D eigenvalue weighted by Gasteiger charge is 2.07. The maximum absolute atomic E-state index is 12.1. The Morgan fingerprint density at radius 2 is 1.58 bits per heavy atom. The number of methoxy groups -OCH3 is 3. The fraction of sp³-hybridized carbons (Fsp3) is 0.250. The van der Waals surface area contributed by atoms with Crippen molar-refractivity contribution < 1.29 is 23.7 Å². The number of carbonyl (C=O) groups is 1. The van der Waals surface area contributed by atoms with E-state index < -0.39 is 0 Å². The van der Waals surface area contributed by atoms with E-state index in [-0.39, 0.29) is 5.91 Å². The zero-order valence-electron chi connectivity index (χ0n) is 15.4. The van der Waals surface area contributed by atoms with E-state index in [2.05, 4.69) is 5.32 Å². The van der Waals surface area contributed by atoms with Crippen molar-refractivity contribution in [2.75, 3.05) is 33.3 Å². The number of benzene rings is 2. The van der Waals surface area contributed by atoms with Gasteiger partial charge in [0.25, 0.3) is 0 Å². The fourth-order valence-corrected chi connectivity index (χ4v) is 2.33. The van der Waals surface area contributed by atoms with Gasteiger partial charge in [-0.25, -0.2) is 0 Å². The first-order chi connectivity index (χ1) is 12.6. The molecule has 2 rings (SSSR count). The molecule has 26 heavy (non-hydrogen) atoms. The molecule has 0 radical (unpaired) electrons. The van der Waals surface area contributed by atoms with E-state index in [1.54, 1.807) is 57.7 Å². The van der Waals surface area contributed by atoms with Gasteiger partial charge < -0.3 is 24.3 Å². The number of rotatable bonds is 8. The Hall–Kier alpha value is -3.15. The summed E-state index contributed by atoms with van der Waals surface area (Å²) in [5.41, 5.74) is 1.44. The van der Waals surface area contributed by atoms with Crippen molar-refractivity contribution in [2.45, 2.75) is 6.92 Å². The Labute approximate surface area is 153 Å². The minimum Gasteiger partial charge on any atom is -0.493 e. The van der Waals surface area contributed by atoms with Crippen LogP contribution in [0.3, 0.4) is 0 Å². The van der Waals surface area contributed by atoms with Crippen LogP contribution in [0.1, 0.15) is 12.5 Å². The lowest BCUT2D eigenvalue weighted by Crippen LogP contribution is -2.08. The van der Waals surface area contributed by atoms with Gasteiger partial charge in [-0.3, -0.25) is 4.79 Å². The molecule has 0 spiro atoms. The summed E-state index contributed by atoms with van der Waals surface area (Å²) in [5, 5.41) is 2.79. The number of amides is 1. The Balaban J connectivity index is 2.07. The van der Waals surface area contributed by atoms with Crippen LogP contribution in [-0.2, 0) is 4.79 Å². The number of anilines is 1. The van der Waals surface area contributed by atoms with Gasteiger partial charge in [-0.2, -0.15) is 0 Å². The van der Waals surface area contributed by atoms with E-state index in [1.807, 2.05) is 13.0 Å². The van der Waals surface area contributed by atoms with E-state index in [0.29, 0.717) is 35.3 Å². The Morgan fingerprint density at radius 1 is 0.923 bits per heavy atom. The van der Waals surface area contributed by atoms with Gasteiger partial charge >= 0.3 is 0 Å². The molecule has 0 aliphatic carbocycles. The van der Waals surface area contributed by atoms with Gasteiger partial charge in [0, 0.05) is 17.8 Å². The van der Waals surface area contributed by atoms with Gasteiger partial charge in [-0.05, 0) is 42.8 Å². The molecule has 0 fully saturated rings. The lowest BCUT2D eigenvalue weighted by molar-refractivity contribution is -0.111. The molecule has 1 amide bonds. The lowest BCUT2D eigenvalue weighted by atomic mass is 10.2. The van der Waals surface area contributed by atoms with Gasteiger partial charge in [0.2, 0.25) is 5.91 Å². The Kier molecular flexibility index (Phi) is 6.91. The highest BCUT2D eigenvalue weighted by atomic mass is 16.5. The third kappa shape index (κ3) is 4.92. The van der Waals surface area contributed by atoms with Crippen LogP contribution in [0.2, 0.25) is 0 Å². The highest BCUT2D eigenvalue weighted by Crippen LogP contribution is 2.30. The van der Waals surface area contributed by atoms with Crippen LogP contribution in [0.5, 0.6) is 23.0 Å². The topological polar surface area (TPSA) is 66.0 Å². The first kappa shape index (κ1) is 19.2. The van der Waals surface area contributed by atoms with Crippen molar-refractivity contribution >= 4 is 17.7 Å². The predicted octanol–water partition coefficient (Wildman–Crippen LogP) is 3.76. The summed E-state index contributed by atoms with van der Waals surface area (Å²) in [5.74, 6) is 2.18. The van der Waals surface area contributed by atoms with Crippen LogP contribution in [0.25, 0.3) is 6.08 Å². The monoisotopic (exact) mass is 357 g/mol. The molecule has 0 atom stereocenters. The average Bonchev–Trinajstić information content (AvgIpc) is 2.67. The zero-order chi connectivity index (χ0) is 18.9. The van der Waals surface area contributed by atoms with E-state index in [9.17, 15) is 4.79 Å². The van der Waals surface area contributed by atoms with E-state index >= 15 is 0 Å². The van der Waals surface area contributed by atoms with E-state index in [1.165, 1.54) is 6.08 Å². The number of carbonyl (C=O) groups excluding carboxylic acids is 1. The highest BCUT2D eigenvalue weighted by molar-refractivity contribution is 6.02. The molecule has 0 bridgehead atoms. The van der Waals surface area contributed by atoms with Gasteiger partial charge in [0.1, 0.15) is 0 Å². The number of hydrogen-bond donors (Lipinski definition) is 1. The molecule has 0 aliphatic heterocycles. The van der Waals surface area contributed by atoms with E-state index in [4.69, 9.17) is 18.9 Å². The second-order valence-corrected chi connectivity index (χ2v) is 5.24. The standard InChI is InChI=1S/C20H23NO5/c1-5-26-17-10-8-15(13-19(17)25-4)21-20(22)11-7-14-6-9-16(23-2)18(12-14)24-3/h6-13H,5H2,1-4H3,(H,21,22)/b11-7+. The zero-order valence-corrected chi connectivity index (χ0v) is 15.4. The van der Waals surface area contributed by atoms with E-state index in [0.717, 1.165) is 5.56 Å². The summed E-state index contributed by atoms with van der Waals surface area (Å²) >= 11 is 0. The molecular weight excluding hydrogens is 334 g/mol. The van der Waals surface area contributed by atoms with Gasteiger partial charge in [-0.15, -0.1) is 0 Å². The summed E-state index contributed by atoms with van der Waals surface area (Å²) in [6.45, 7) is 2.43. The minimum atomic E-state index is -0.258. The lowest BCUT2D eigenvalue weighted by Gasteiger charge is -2.11. The quantitative estimate of drug-likeness (QED) is 0.729. The number of hydrogen-bond acceptors (Lipinski definition) is 5. The third-order valence-corrected chi connectivity index (χ3v) is 3.57. The molecule has 0 heterocycles. The molecule has 0 unspecified atom stereocenters. The molecule has 0 saturated carbocycles. The minimum absolute atomic E-state index is 0.258. The molecule has 6 nitrogen and oxygen atoms in total. The van der Waals surface area contributed by atoms with Crippen LogP contribution in [-0.4, -0.2) is 33.8 Å². The van der Waals surface area contributed by atoms with Crippen LogP contribution >= 0.6 is 0 Å². The maximum atomic E-state index is 12.1.